The Hall–Kier alpha value is -4.02. The summed E-state index contributed by atoms with van der Waals surface area (Å²) in [5.74, 6) is -3.78. The van der Waals surface area contributed by atoms with Crippen LogP contribution < -0.4 is 0 Å². The van der Waals surface area contributed by atoms with Gasteiger partial charge in [-0.3, -0.25) is 4.79 Å². The highest BCUT2D eigenvalue weighted by Gasteiger charge is 2.89. The fraction of sp³-hybridized carbons (Fsp3) is 0.138. The molecule has 22 heteroatoms. The van der Waals surface area contributed by atoms with E-state index in [4.69, 9.17) is 0 Å². The lowest BCUT2D eigenvalue weighted by molar-refractivity contribution is -0.0498. The standard InChI is InChI=1S/C29H17F11O7S4/c30-20-8-14-23(15-9-20)48(24-16-10-21(31)11-17-24,22-12-6-19(7-13-22)25(41)18-4-2-1-3-5-18)29(49(42,43)26(32,33)34,50(44,45)27(35,36)37)51(46,47)28(38,39)40/h1-17H. The SMILES string of the molecule is O=C(c1ccccc1)c1ccc(S(c2ccc(F)cc2)(c2ccc(F)cc2)C(S(=O)(=O)C(F)(F)F)(S(=O)(=O)C(F)(F)F)S(=O)(=O)C(F)(F)F)cc1. The van der Waals surface area contributed by atoms with Gasteiger partial charge in [-0.2, -0.15) is 39.5 Å². The highest BCUT2D eigenvalue weighted by atomic mass is 32.4. The Morgan fingerprint density at radius 1 is 0.412 bits per heavy atom. The predicted octanol–water partition coefficient (Wildman–Crippen LogP) is 7.89. The molecule has 0 spiro atoms. The van der Waals surface area contributed by atoms with Gasteiger partial charge in [-0.05, 0) is 72.8 Å². The Balaban J connectivity index is 2.50. The van der Waals surface area contributed by atoms with Crippen molar-refractivity contribution in [1.82, 2.24) is 0 Å². The molecule has 0 N–H and O–H groups in total. The van der Waals surface area contributed by atoms with E-state index in [-0.39, 0.29) is 66.2 Å². The molecule has 0 bridgehead atoms. The molecule has 0 aromatic heterocycles. The summed E-state index contributed by atoms with van der Waals surface area (Å²) in [6.07, 6.45) is 0. The van der Waals surface area contributed by atoms with E-state index >= 15 is 0 Å². The molecule has 276 valence electrons. The van der Waals surface area contributed by atoms with Crippen molar-refractivity contribution >= 4 is 45.3 Å². The van der Waals surface area contributed by atoms with Crippen molar-refractivity contribution in [3.05, 3.63) is 126 Å². The first-order valence-electron chi connectivity index (χ1n) is 13.2. The lowest BCUT2D eigenvalue weighted by Crippen LogP contribution is -2.65. The highest BCUT2D eigenvalue weighted by molar-refractivity contribution is 8.55. The monoisotopic (exact) mass is 814 g/mol. The molecule has 51 heavy (non-hydrogen) atoms. The van der Waals surface area contributed by atoms with Gasteiger partial charge in [0.25, 0.3) is 29.5 Å². The first-order chi connectivity index (χ1) is 23.2. The van der Waals surface area contributed by atoms with Gasteiger partial charge in [0.2, 0.25) is 0 Å². The minimum absolute atomic E-state index is 0.0789. The van der Waals surface area contributed by atoms with Gasteiger partial charge in [-0.15, -0.1) is 10.0 Å². The van der Waals surface area contributed by atoms with Gasteiger partial charge < -0.3 is 0 Å². The van der Waals surface area contributed by atoms with Crippen LogP contribution in [0.3, 0.4) is 0 Å². The van der Waals surface area contributed by atoms with E-state index in [1.54, 1.807) is 0 Å². The maximum Gasteiger partial charge on any atom is 0.500 e. The minimum atomic E-state index is -8.91. The summed E-state index contributed by atoms with van der Waals surface area (Å²) in [6, 6.07) is 9.13. The number of ketones is 1. The van der Waals surface area contributed by atoms with Gasteiger partial charge >= 0.3 is 19.3 Å². The van der Waals surface area contributed by atoms with Crippen molar-refractivity contribution in [2.24, 2.45) is 0 Å². The van der Waals surface area contributed by atoms with Gasteiger partial charge in [0.05, 0.1) is 0 Å². The number of alkyl halides is 9. The molecule has 7 nitrogen and oxygen atoms in total. The molecular weight excluding hydrogens is 798 g/mol. The van der Waals surface area contributed by atoms with Crippen LogP contribution in [0.1, 0.15) is 15.9 Å². The summed E-state index contributed by atoms with van der Waals surface area (Å²) in [7, 11) is -33.2. The smallest absolute Gasteiger partial charge is 0.289 e. The Morgan fingerprint density at radius 3 is 0.980 bits per heavy atom. The zero-order valence-corrected chi connectivity index (χ0v) is 27.7. The zero-order chi connectivity index (χ0) is 38.6. The van der Waals surface area contributed by atoms with Gasteiger partial charge in [0.15, 0.2) is 5.78 Å². The summed E-state index contributed by atoms with van der Waals surface area (Å²) >= 11 is 0. The average Bonchev–Trinajstić information content (AvgIpc) is 3.03. The fourth-order valence-corrected chi connectivity index (χ4v) is 21.8. The molecule has 0 fully saturated rings. The highest BCUT2D eigenvalue weighted by Crippen LogP contribution is 2.82. The molecule has 0 aliphatic heterocycles. The van der Waals surface area contributed by atoms with Crippen LogP contribution in [0, 0.1) is 11.6 Å². The van der Waals surface area contributed by atoms with Crippen molar-refractivity contribution in [2.45, 2.75) is 34.0 Å². The van der Waals surface area contributed by atoms with Gasteiger partial charge in [0.1, 0.15) is 11.6 Å². The summed E-state index contributed by atoms with van der Waals surface area (Å²) in [4.78, 5) is 8.23. The molecule has 0 aliphatic rings. The fourth-order valence-electron chi connectivity index (χ4n) is 5.04. The number of hydrogen-bond acceptors (Lipinski definition) is 7. The number of sulfone groups is 3. The number of hydrogen-bond donors (Lipinski definition) is 0. The Bertz CT molecular complexity index is 2120. The zero-order valence-electron chi connectivity index (χ0n) is 24.5. The topological polar surface area (TPSA) is 119 Å². The minimum Gasteiger partial charge on any atom is -0.289 e. The second-order valence-electron chi connectivity index (χ2n) is 10.1. The van der Waals surface area contributed by atoms with E-state index in [1.807, 2.05) is 0 Å². The van der Waals surface area contributed by atoms with Crippen LogP contribution in [0.2, 0.25) is 0 Å². The van der Waals surface area contributed by atoms with E-state index in [2.05, 4.69) is 0 Å². The third kappa shape index (κ3) is 5.88. The van der Waals surface area contributed by atoms with Crippen molar-refractivity contribution in [2.75, 3.05) is 0 Å². The van der Waals surface area contributed by atoms with Gasteiger partial charge in [0, 0.05) is 25.8 Å². The van der Waals surface area contributed by atoms with Gasteiger partial charge in [-0.1, -0.05) is 30.3 Å². The van der Waals surface area contributed by atoms with Crippen LogP contribution in [0.5, 0.6) is 0 Å². The number of rotatable bonds is 9. The maximum absolute atomic E-state index is 14.7. The van der Waals surface area contributed by atoms with E-state index < -0.39 is 96.5 Å². The number of carbonyl (C=O) groups is 1. The van der Waals surface area contributed by atoms with Crippen molar-refractivity contribution in [1.29, 1.82) is 0 Å². The lowest BCUT2D eigenvalue weighted by atomic mass is 10.0. The van der Waals surface area contributed by atoms with Crippen LogP contribution in [0.4, 0.5) is 48.3 Å². The van der Waals surface area contributed by atoms with Crippen LogP contribution in [-0.4, -0.2) is 50.3 Å². The second-order valence-corrected chi connectivity index (χ2v) is 21.1. The third-order valence-corrected chi connectivity index (χ3v) is 22.8. The first-order valence-corrected chi connectivity index (χ1v) is 19.3. The summed E-state index contributed by atoms with van der Waals surface area (Å²) in [6.45, 7) is 0. The molecule has 0 saturated heterocycles. The molecule has 0 unspecified atom stereocenters. The molecule has 0 saturated carbocycles. The van der Waals surface area contributed by atoms with Crippen LogP contribution in [0.25, 0.3) is 0 Å². The summed E-state index contributed by atoms with van der Waals surface area (Å²) < 4.78 is 236. The Labute approximate surface area is 282 Å². The summed E-state index contributed by atoms with van der Waals surface area (Å²) in [5, 5.41) is 0. The normalized spacial score (nSPS) is 14.3. The molecule has 0 aliphatic carbocycles. The molecule has 0 heterocycles. The lowest BCUT2D eigenvalue weighted by Gasteiger charge is -2.52. The van der Waals surface area contributed by atoms with E-state index in [1.165, 1.54) is 30.3 Å². The van der Waals surface area contributed by atoms with E-state index in [9.17, 15) is 78.3 Å². The Morgan fingerprint density at radius 2 is 0.686 bits per heavy atom. The number of benzene rings is 4. The second kappa shape index (κ2) is 12.9. The molecular formula is C29H17F11O7S4. The van der Waals surface area contributed by atoms with Crippen molar-refractivity contribution in [3.63, 3.8) is 0 Å². The van der Waals surface area contributed by atoms with Crippen molar-refractivity contribution < 1.29 is 78.3 Å². The molecule has 0 amide bonds. The number of carbonyl (C=O) groups excluding carboxylic acids is 1. The summed E-state index contributed by atoms with van der Waals surface area (Å²) in [5.41, 5.74) is -23.2. The van der Waals surface area contributed by atoms with Gasteiger partial charge in [-0.25, -0.2) is 34.0 Å². The predicted molar refractivity (Wildman–Crippen MR) is 159 cm³/mol. The van der Waals surface area contributed by atoms with Crippen molar-refractivity contribution in [3.8, 4) is 0 Å². The molecule has 4 rings (SSSR count). The van der Waals surface area contributed by atoms with E-state index in [0.717, 1.165) is 0 Å². The first kappa shape index (κ1) is 39.8. The van der Waals surface area contributed by atoms with E-state index in [0.29, 0.717) is 12.1 Å². The molecule has 4 aromatic carbocycles. The third-order valence-electron chi connectivity index (χ3n) is 7.12. The maximum atomic E-state index is 14.7. The molecule has 0 atom stereocenters. The quantitative estimate of drug-likeness (QED) is 0.125. The largest absolute Gasteiger partial charge is 0.500 e. The Kier molecular flexibility index (Phi) is 10.0. The molecule has 4 aromatic rings. The number of halogens is 11. The molecule has 0 radical (unpaired) electrons. The van der Waals surface area contributed by atoms with Crippen LogP contribution in [-0.2, 0) is 29.5 Å². The average molecular weight is 815 g/mol. The van der Waals surface area contributed by atoms with Crippen LogP contribution >= 0.6 is 10.0 Å². The van der Waals surface area contributed by atoms with Crippen LogP contribution in [0.15, 0.2) is 118 Å².